The molecule has 0 saturated carbocycles. The maximum absolute atomic E-state index is 5.79. The number of aryl methyl sites for hydroxylation is 1. The molecule has 0 aliphatic carbocycles. The van der Waals surface area contributed by atoms with Gasteiger partial charge in [-0.25, -0.2) is 4.98 Å². The molecule has 0 spiro atoms. The van der Waals surface area contributed by atoms with Crippen LogP contribution < -0.4 is 4.74 Å². The number of halogens is 1. The summed E-state index contributed by atoms with van der Waals surface area (Å²) in [5.41, 5.74) is 1.07. The van der Waals surface area contributed by atoms with Crippen LogP contribution in [0, 0.1) is 0 Å². The van der Waals surface area contributed by atoms with Crippen LogP contribution in [0.25, 0.3) is 10.8 Å². The molecule has 2 nitrogen and oxygen atoms in total. The summed E-state index contributed by atoms with van der Waals surface area (Å²) in [7, 11) is 0. The van der Waals surface area contributed by atoms with E-state index in [4.69, 9.17) is 4.74 Å². The van der Waals surface area contributed by atoms with Gasteiger partial charge in [0.2, 0.25) is 0 Å². The highest BCUT2D eigenvalue weighted by Gasteiger charge is 2.04. The quantitative estimate of drug-likeness (QED) is 0.639. The van der Waals surface area contributed by atoms with E-state index >= 15 is 0 Å². The van der Waals surface area contributed by atoms with Crippen LogP contribution in [0.4, 0.5) is 0 Å². The minimum atomic E-state index is 0.702. The lowest BCUT2D eigenvalue weighted by atomic mass is 10.1. The summed E-state index contributed by atoms with van der Waals surface area (Å²) < 4.78 is 6.88. The van der Waals surface area contributed by atoms with Gasteiger partial charge in [0.15, 0.2) is 0 Å². The van der Waals surface area contributed by atoms with Gasteiger partial charge in [-0.15, -0.1) is 0 Å². The van der Waals surface area contributed by atoms with E-state index in [0.717, 1.165) is 27.7 Å². The largest absolute Gasteiger partial charge is 0.431 e. The summed E-state index contributed by atoms with van der Waals surface area (Å²) in [6.45, 7) is 2.09. The predicted octanol–water partition coefficient (Wildman–Crippen LogP) is 5.41. The summed E-state index contributed by atoms with van der Waals surface area (Å²) in [5, 5.41) is 5.09. The summed E-state index contributed by atoms with van der Waals surface area (Å²) in [6, 6.07) is 12.3. The first-order valence-corrected chi connectivity index (χ1v) is 7.73. The molecule has 1 aromatic heterocycles. The maximum Gasteiger partial charge on any atom is 0.278 e. The van der Waals surface area contributed by atoms with Crippen LogP contribution in [-0.4, -0.2) is 4.98 Å². The second-order valence-corrected chi connectivity index (χ2v) is 5.95. The Kier molecular flexibility index (Phi) is 3.53. The molecule has 3 aromatic rings. The van der Waals surface area contributed by atoms with Crippen molar-refractivity contribution in [3.8, 4) is 10.9 Å². The Morgan fingerprint density at radius 3 is 2.74 bits per heavy atom. The van der Waals surface area contributed by atoms with E-state index in [2.05, 4.69) is 46.0 Å². The molecule has 0 aliphatic rings. The van der Waals surface area contributed by atoms with Gasteiger partial charge in [0, 0.05) is 9.85 Å². The monoisotopic (exact) mass is 333 g/mol. The van der Waals surface area contributed by atoms with Crippen molar-refractivity contribution in [2.75, 3.05) is 0 Å². The first-order valence-electron chi connectivity index (χ1n) is 6.06. The van der Waals surface area contributed by atoms with Gasteiger partial charge in [0.05, 0.1) is 5.69 Å². The first kappa shape index (κ1) is 12.6. The zero-order chi connectivity index (χ0) is 13.2. The van der Waals surface area contributed by atoms with Crippen LogP contribution in [-0.2, 0) is 6.42 Å². The molecule has 0 unspecified atom stereocenters. The SMILES string of the molecule is CCc1csc(Oc2ccc3cc(Br)ccc3c2)n1. The summed E-state index contributed by atoms with van der Waals surface area (Å²) >= 11 is 5.01. The molecule has 4 heteroatoms. The molecule has 0 amide bonds. The number of benzene rings is 2. The zero-order valence-electron chi connectivity index (χ0n) is 10.4. The van der Waals surface area contributed by atoms with E-state index < -0.39 is 0 Å². The number of hydrogen-bond acceptors (Lipinski definition) is 3. The van der Waals surface area contributed by atoms with Crippen LogP contribution in [0.2, 0.25) is 0 Å². The van der Waals surface area contributed by atoms with Gasteiger partial charge in [0.1, 0.15) is 5.75 Å². The molecule has 0 N–H and O–H groups in total. The summed E-state index contributed by atoms with van der Waals surface area (Å²) in [5.74, 6) is 0.826. The van der Waals surface area contributed by atoms with E-state index in [9.17, 15) is 0 Å². The van der Waals surface area contributed by atoms with Gasteiger partial charge in [-0.05, 0) is 41.5 Å². The van der Waals surface area contributed by atoms with Crippen LogP contribution >= 0.6 is 27.3 Å². The number of ether oxygens (including phenoxy) is 1. The average molecular weight is 334 g/mol. The molecule has 0 aliphatic heterocycles. The number of nitrogens with zero attached hydrogens (tertiary/aromatic N) is 1. The van der Waals surface area contributed by atoms with Crippen molar-refractivity contribution in [3.63, 3.8) is 0 Å². The number of fused-ring (bicyclic) bond motifs is 1. The highest BCUT2D eigenvalue weighted by molar-refractivity contribution is 9.10. The molecule has 19 heavy (non-hydrogen) atoms. The van der Waals surface area contributed by atoms with Crippen LogP contribution in [0.3, 0.4) is 0 Å². The lowest BCUT2D eigenvalue weighted by Gasteiger charge is -2.04. The second-order valence-electron chi connectivity index (χ2n) is 4.21. The third-order valence-electron chi connectivity index (χ3n) is 2.87. The van der Waals surface area contributed by atoms with Crippen LogP contribution in [0.1, 0.15) is 12.6 Å². The van der Waals surface area contributed by atoms with Crippen molar-refractivity contribution in [3.05, 3.63) is 51.9 Å². The van der Waals surface area contributed by atoms with E-state index in [1.54, 1.807) is 0 Å². The van der Waals surface area contributed by atoms with E-state index in [1.165, 1.54) is 16.7 Å². The van der Waals surface area contributed by atoms with Gasteiger partial charge < -0.3 is 4.74 Å². The smallest absolute Gasteiger partial charge is 0.278 e. The highest BCUT2D eigenvalue weighted by atomic mass is 79.9. The molecule has 0 atom stereocenters. The van der Waals surface area contributed by atoms with E-state index in [0.29, 0.717) is 5.19 Å². The molecule has 1 heterocycles. The number of aromatic nitrogens is 1. The predicted molar refractivity (Wildman–Crippen MR) is 83.2 cm³/mol. The Morgan fingerprint density at radius 2 is 1.95 bits per heavy atom. The van der Waals surface area contributed by atoms with Gasteiger partial charge in [0.25, 0.3) is 5.19 Å². The van der Waals surface area contributed by atoms with Gasteiger partial charge in [-0.3, -0.25) is 0 Å². The molecular weight excluding hydrogens is 322 g/mol. The fourth-order valence-corrected chi connectivity index (χ4v) is 3.01. The Balaban J connectivity index is 1.90. The molecule has 0 bridgehead atoms. The molecule has 3 rings (SSSR count). The van der Waals surface area contributed by atoms with Crippen molar-refractivity contribution in [1.82, 2.24) is 4.98 Å². The van der Waals surface area contributed by atoms with E-state index in [-0.39, 0.29) is 0 Å². The zero-order valence-corrected chi connectivity index (χ0v) is 12.8. The fraction of sp³-hybridized carbons (Fsp3) is 0.133. The van der Waals surface area contributed by atoms with Gasteiger partial charge in [-0.2, -0.15) is 0 Å². The molecule has 0 radical (unpaired) electrons. The van der Waals surface area contributed by atoms with Crippen molar-refractivity contribution in [2.24, 2.45) is 0 Å². The number of rotatable bonds is 3. The Morgan fingerprint density at radius 1 is 1.16 bits per heavy atom. The standard InChI is InChI=1S/C15H12BrNOS/c1-2-13-9-19-15(17-13)18-14-6-4-10-7-12(16)5-3-11(10)8-14/h3-9H,2H2,1H3. The summed E-state index contributed by atoms with van der Waals surface area (Å²) in [4.78, 5) is 4.41. The topological polar surface area (TPSA) is 22.1 Å². The van der Waals surface area contributed by atoms with E-state index in [1.807, 2.05) is 23.6 Å². The minimum absolute atomic E-state index is 0.702. The fourth-order valence-electron chi connectivity index (χ4n) is 1.86. The molecule has 0 fully saturated rings. The first-order chi connectivity index (χ1) is 9.24. The maximum atomic E-state index is 5.79. The van der Waals surface area contributed by atoms with Crippen molar-refractivity contribution in [2.45, 2.75) is 13.3 Å². The average Bonchev–Trinajstić information content (AvgIpc) is 2.86. The van der Waals surface area contributed by atoms with Gasteiger partial charge in [-0.1, -0.05) is 46.3 Å². The normalized spacial score (nSPS) is 10.8. The summed E-state index contributed by atoms with van der Waals surface area (Å²) in [6.07, 6.45) is 0.936. The van der Waals surface area contributed by atoms with Crippen LogP contribution in [0.5, 0.6) is 10.9 Å². The second kappa shape index (κ2) is 5.31. The Bertz CT molecular complexity index is 723. The third kappa shape index (κ3) is 2.80. The molecule has 96 valence electrons. The van der Waals surface area contributed by atoms with Crippen LogP contribution in [0.15, 0.2) is 46.3 Å². The highest BCUT2D eigenvalue weighted by Crippen LogP contribution is 2.29. The lowest BCUT2D eigenvalue weighted by Crippen LogP contribution is -1.85. The lowest BCUT2D eigenvalue weighted by molar-refractivity contribution is 0.478. The molecule has 2 aromatic carbocycles. The van der Waals surface area contributed by atoms with Crippen molar-refractivity contribution >= 4 is 38.0 Å². The third-order valence-corrected chi connectivity index (χ3v) is 4.13. The van der Waals surface area contributed by atoms with Crippen molar-refractivity contribution < 1.29 is 4.74 Å². The van der Waals surface area contributed by atoms with Crippen molar-refractivity contribution in [1.29, 1.82) is 0 Å². The minimum Gasteiger partial charge on any atom is -0.431 e. The Hall–Kier alpha value is -1.39. The van der Waals surface area contributed by atoms with Gasteiger partial charge >= 0.3 is 0 Å². The molecular formula is C15H12BrNOS. The number of thiazole rings is 1. The Labute approximate surface area is 124 Å². The number of hydrogen-bond donors (Lipinski definition) is 0. The molecule has 0 saturated heterocycles.